The molecule has 1 nitrogen and oxygen atoms in total. The fourth-order valence-electron chi connectivity index (χ4n) is 8.29. The van der Waals surface area contributed by atoms with Crippen LogP contribution in [0.3, 0.4) is 0 Å². The maximum absolute atomic E-state index is 6.74. The van der Waals surface area contributed by atoms with Crippen molar-refractivity contribution >= 4 is 54.0 Å². The molecule has 6 bridgehead atoms. The summed E-state index contributed by atoms with van der Waals surface area (Å²) in [6.45, 7) is 2.26. The summed E-state index contributed by atoms with van der Waals surface area (Å²) in [4.78, 5) is 2.33. The summed E-state index contributed by atoms with van der Waals surface area (Å²) >= 11 is 1.82. The monoisotopic (exact) mass is 665 g/mol. The minimum atomic E-state index is 0.779. The first-order chi connectivity index (χ1) is 25.2. The molecule has 0 radical (unpaired) electrons. The van der Waals surface area contributed by atoms with Crippen LogP contribution in [0, 0.1) is 12.3 Å². The molecule has 0 aliphatic heterocycles. The Hall–Kier alpha value is -6.40. The molecule has 1 aromatic heterocycles. The third-order valence-corrected chi connectivity index (χ3v) is 11.6. The second kappa shape index (κ2) is 11.6. The lowest BCUT2D eigenvalue weighted by Crippen LogP contribution is -2.17. The second-order valence-corrected chi connectivity index (χ2v) is 14.3. The maximum Gasteiger partial charge on any atom is 0.0973 e. The summed E-state index contributed by atoms with van der Waals surface area (Å²) in [7, 11) is 0. The van der Waals surface area contributed by atoms with Gasteiger partial charge in [-0.1, -0.05) is 139 Å². The van der Waals surface area contributed by atoms with E-state index in [2.05, 4.69) is 182 Å². The Labute approximate surface area is 302 Å². The molecule has 7 aromatic carbocycles. The molecule has 2 aliphatic carbocycles. The topological polar surface area (TPSA) is 3.24 Å². The number of hydrogen-bond donors (Lipinski definition) is 0. The Morgan fingerprint density at radius 2 is 1.10 bits per heavy atom. The molecule has 0 spiro atoms. The molecular formula is C49H31NS. The van der Waals surface area contributed by atoms with Crippen molar-refractivity contribution < 1.29 is 0 Å². The Morgan fingerprint density at radius 1 is 0.529 bits per heavy atom. The van der Waals surface area contributed by atoms with Crippen molar-refractivity contribution in [1.82, 2.24) is 0 Å². The van der Waals surface area contributed by atoms with E-state index in [1.54, 1.807) is 0 Å². The fourth-order valence-corrected chi connectivity index (χ4v) is 9.42. The molecule has 8 aromatic rings. The van der Waals surface area contributed by atoms with Crippen LogP contribution in [-0.4, -0.2) is 0 Å². The number of hydrogen-bond acceptors (Lipinski definition) is 2. The zero-order valence-corrected chi connectivity index (χ0v) is 28.8. The van der Waals surface area contributed by atoms with E-state index >= 15 is 0 Å². The molecule has 0 amide bonds. The molecule has 0 fully saturated rings. The van der Waals surface area contributed by atoms with Gasteiger partial charge in [0.25, 0.3) is 0 Å². The zero-order chi connectivity index (χ0) is 34.1. The molecule has 0 saturated carbocycles. The van der Waals surface area contributed by atoms with Crippen molar-refractivity contribution in [3.63, 3.8) is 0 Å². The van der Waals surface area contributed by atoms with Crippen LogP contribution in [0.4, 0.5) is 11.4 Å². The SMILES string of the molecule is C#C/C(=C\C1=C(C)c2cccc3c2-c2ccccc2-c2cccc-3c21)N(c1ccccc1-c1ccccc1)c1cccc2sc3ccccc3c12. The summed E-state index contributed by atoms with van der Waals surface area (Å²) < 4.78 is 2.49. The Bertz CT molecular complexity index is 2820. The molecular weight excluding hydrogens is 635 g/mol. The average molecular weight is 666 g/mol. The van der Waals surface area contributed by atoms with E-state index < -0.39 is 0 Å². The van der Waals surface area contributed by atoms with Gasteiger partial charge < -0.3 is 4.90 Å². The summed E-state index contributed by atoms with van der Waals surface area (Å²) in [6.07, 6.45) is 9.01. The Morgan fingerprint density at radius 3 is 1.90 bits per heavy atom. The number of allylic oxidation sites excluding steroid dienone is 4. The van der Waals surface area contributed by atoms with Crippen molar-refractivity contribution in [3.05, 3.63) is 181 Å². The van der Waals surface area contributed by atoms with E-state index in [4.69, 9.17) is 6.42 Å². The third kappa shape index (κ3) is 4.42. The van der Waals surface area contributed by atoms with Gasteiger partial charge in [0, 0.05) is 25.7 Å². The van der Waals surface area contributed by atoms with Gasteiger partial charge in [0.2, 0.25) is 0 Å². The zero-order valence-electron chi connectivity index (χ0n) is 28.0. The van der Waals surface area contributed by atoms with Crippen molar-refractivity contribution in [1.29, 1.82) is 0 Å². The van der Waals surface area contributed by atoms with E-state index in [0.29, 0.717) is 0 Å². The standard InChI is InChI=1S/C49H31NS/c1-3-33(30-42-31(2)34-22-13-24-39-40-25-14-23-38(48(40)42)36-19-7-8-20-37(36)47(34)39)50(43-26-11-9-18-35(43)32-16-5-4-6-17-32)44-27-15-29-46-49(44)41-21-10-12-28-45(41)51-46/h1,4-30H,2H3/b33-30+. The van der Waals surface area contributed by atoms with Crippen LogP contribution in [0.1, 0.15) is 18.1 Å². The van der Waals surface area contributed by atoms with Gasteiger partial charge in [0.1, 0.15) is 0 Å². The third-order valence-electron chi connectivity index (χ3n) is 10.5. The van der Waals surface area contributed by atoms with Gasteiger partial charge in [-0.05, 0) is 98.5 Å². The molecule has 0 unspecified atom stereocenters. The van der Waals surface area contributed by atoms with Gasteiger partial charge >= 0.3 is 0 Å². The van der Waals surface area contributed by atoms with Crippen molar-refractivity contribution in [3.8, 4) is 56.9 Å². The van der Waals surface area contributed by atoms with Crippen molar-refractivity contribution in [2.75, 3.05) is 4.90 Å². The molecule has 51 heavy (non-hydrogen) atoms. The Balaban J connectivity index is 1.30. The normalized spacial score (nSPS) is 12.8. The van der Waals surface area contributed by atoms with E-state index in [9.17, 15) is 0 Å². The van der Waals surface area contributed by atoms with Gasteiger partial charge in [-0.15, -0.1) is 17.8 Å². The first-order valence-corrected chi connectivity index (χ1v) is 18.1. The lowest BCUT2D eigenvalue weighted by molar-refractivity contribution is 1.24. The highest BCUT2D eigenvalue weighted by Crippen LogP contribution is 2.55. The molecule has 2 heteroatoms. The molecule has 0 atom stereocenters. The van der Waals surface area contributed by atoms with Gasteiger partial charge in [0.15, 0.2) is 0 Å². The van der Waals surface area contributed by atoms with E-state index in [0.717, 1.165) is 33.8 Å². The minimum absolute atomic E-state index is 0.779. The molecule has 0 saturated heterocycles. The summed E-state index contributed by atoms with van der Waals surface area (Å²) in [5, 5.41) is 2.44. The molecule has 10 rings (SSSR count). The highest BCUT2D eigenvalue weighted by molar-refractivity contribution is 7.26. The number of thiophene rings is 1. The highest BCUT2D eigenvalue weighted by Gasteiger charge is 2.31. The number of anilines is 2. The predicted octanol–water partition coefficient (Wildman–Crippen LogP) is 13.6. The average Bonchev–Trinajstić information content (AvgIpc) is 3.54. The van der Waals surface area contributed by atoms with Gasteiger partial charge in [-0.25, -0.2) is 0 Å². The Kier molecular flexibility index (Phi) is 6.71. The van der Waals surface area contributed by atoms with Crippen LogP contribution >= 0.6 is 11.3 Å². The van der Waals surface area contributed by atoms with Crippen LogP contribution in [0.2, 0.25) is 0 Å². The molecule has 0 N–H and O–H groups in total. The minimum Gasteiger partial charge on any atom is -0.302 e. The largest absolute Gasteiger partial charge is 0.302 e. The predicted molar refractivity (Wildman–Crippen MR) is 219 cm³/mol. The van der Waals surface area contributed by atoms with Crippen LogP contribution < -0.4 is 4.90 Å². The molecule has 2 aliphatic rings. The molecule has 238 valence electrons. The number of nitrogens with zero attached hydrogens (tertiary/aromatic N) is 1. The number of terminal acetylenes is 1. The lowest BCUT2D eigenvalue weighted by Gasteiger charge is -2.29. The number of para-hydroxylation sites is 1. The van der Waals surface area contributed by atoms with Gasteiger partial charge in [0.05, 0.1) is 17.1 Å². The van der Waals surface area contributed by atoms with Crippen LogP contribution in [0.5, 0.6) is 0 Å². The number of benzene rings is 7. The highest BCUT2D eigenvalue weighted by atomic mass is 32.1. The maximum atomic E-state index is 6.74. The quantitative estimate of drug-likeness (QED) is 0.165. The lowest BCUT2D eigenvalue weighted by atomic mass is 9.84. The first kappa shape index (κ1) is 29.5. The summed E-state index contributed by atoms with van der Waals surface area (Å²) in [5.41, 5.74) is 17.5. The smallest absolute Gasteiger partial charge is 0.0973 e. The van der Waals surface area contributed by atoms with E-state index in [-0.39, 0.29) is 0 Å². The van der Waals surface area contributed by atoms with Crippen LogP contribution in [-0.2, 0) is 0 Å². The second-order valence-electron chi connectivity index (χ2n) is 13.2. The summed E-state index contributed by atoms with van der Waals surface area (Å²) in [6, 6.07) is 56.9. The van der Waals surface area contributed by atoms with E-state index in [1.165, 1.54) is 70.3 Å². The molecule has 1 heterocycles. The van der Waals surface area contributed by atoms with Crippen molar-refractivity contribution in [2.24, 2.45) is 0 Å². The number of fused-ring (bicyclic) bond motifs is 5. The fraction of sp³-hybridized carbons (Fsp3) is 0.0204. The van der Waals surface area contributed by atoms with Gasteiger partial charge in [-0.3, -0.25) is 0 Å². The van der Waals surface area contributed by atoms with Gasteiger partial charge in [-0.2, -0.15) is 0 Å². The van der Waals surface area contributed by atoms with Crippen LogP contribution in [0.25, 0.3) is 75.8 Å². The number of rotatable bonds is 5. The van der Waals surface area contributed by atoms with E-state index in [1.807, 2.05) is 11.3 Å². The van der Waals surface area contributed by atoms with Crippen LogP contribution in [0.15, 0.2) is 169 Å². The summed E-state index contributed by atoms with van der Waals surface area (Å²) in [5.74, 6) is 3.24. The first-order valence-electron chi connectivity index (χ1n) is 17.3. The van der Waals surface area contributed by atoms with Crippen molar-refractivity contribution in [2.45, 2.75) is 6.92 Å².